The van der Waals surface area contributed by atoms with Gasteiger partial charge in [-0.25, -0.2) is 0 Å². The van der Waals surface area contributed by atoms with Gasteiger partial charge in [-0.2, -0.15) is 0 Å². The minimum absolute atomic E-state index is 0. The molecule has 0 amide bonds. The molecule has 0 aromatic carbocycles. The Morgan fingerprint density at radius 1 is 0.200 bits per heavy atom. The average Bonchev–Trinajstić information content (AvgIpc) is 0. The van der Waals surface area contributed by atoms with Crippen LogP contribution >= 0.6 is 0 Å². The Morgan fingerprint density at radius 2 is 0.200 bits per heavy atom. The number of hydrogen-bond acceptors (Lipinski definition) is 0. The summed E-state index contributed by atoms with van der Waals surface area (Å²) in [4.78, 5) is 0. The average molecular weight is 255 g/mol. The molecule has 0 fully saturated rings. The number of rotatable bonds is 0. The van der Waals surface area contributed by atoms with Crippen LogP contribution < -0.4 is 0 Å². The molecule has 0 aliphatic heterocycles. The second-order valence-electron chi connectivity index (χ2n) is 0. The van der Waals surface area contributed by atoms with Gasteiger partial charge < -0.3 is 0 Å². The van der Waals surface area contributed by atoms with Crippen molar-refractivity contribution in [3.05, 3.63) is 0 Å². The summed E-state index contributed by atoms with van der Waals surface area (Å²) in [6, 6.07) is 0. The van der Waals surface area contributed by atoms with Crippen LogP contribution in [0.1, 0.15) is 0 Å². The van der Waals surface area contributed by atoms with Crippen molar-refractivity contribution in [1.29, 1.82) is 0 Å². The van der Waals surface area contributed by atoms with Crippen LogP contribution in [0.3, 0.4) is 0 Å². The zero-order valence-electron chi connectivity index (χ0n) is 2.24. The molecule has 5 heteroatoms. The molecule has 0 aromatic rings. The first-order valence-corrected chi connectivity index (χ1v) is 0. The summed E-state index contributed by atoms with van der Waals surface area (Å²) in [7, 11) is 0. The molecule has 25 valence electrons. The second kappa shape index (κ2) is 28.4. The zero-order valence-corrected chi connectivity index (χ0v) is 9.22. The molecule has 0 nitrogen and oxygen atoms in total. The second-order valence-corrected chi connectivity index (χ2v) is 0. The van der Waals surface area contributed by atoms with Gasteiger partial charge in [0.1, 0.15) is 0 Å². The van der Waals surface area contributed by atoms with E-state index in [-0.39, 0.29) is 92.8 Å². The molecule has 0 atom stereocenters. The largest absolute Gasteiger partial charge is 0 e. The molecule has 0 unspecified atom stereocenters. The Bertz CT molecular complexity index is 0. The van der Waals surface area contributed by atoms with Gasteiger partial charge in [-0.3, -0.25) is 0 Å². The van der Waals surface area contributed by atoms with Gasteiger partial charge >= 0.3 is 0 Å². The van der Waals surface area contributed by atoms with Crippen molar-refractivity contribution < 1.29 is 92.8 Å². The maximum absolute atomic E-state index is 0. The molecule has 0 bridgehead atoms. The monoisotopic (exact) mass is 255 g/mol. The Labute approximate surface area is 91.4 Å². The summed E-state index contributed by atoms with van der Waals surface area (Å²) >= 11 is 0. The predicted molar refractivity (Wildman–Crippen MR) is 0 cm³/mol. The normalized spacial score (nSPS) is 0. The summed E-state index contributed by atoms with van der Waals surface area (Å²) < 4.78 is 0. The van der Waals surface area contributed by atoms with Gasteiger partial charge in [0.15, 0.2) is 0 Å². The van der Waals surface area contributed by atoms with Gasteiger partial charge in [-0.05, 0) is 0 Å². The maximum Gasteiger partial charge on any atom is 0 e. The molecule has 0 rings (SSSR count). The van der Waals surface area contributed by atoms with E-state index in [1.807, 2.05) is 0 Å². The van der Waals surface area contributed by atoms with Crippen LogP contribution in [0, 0.1) is 0 Å². The van der Waals surface area contributed by atoms with Crippen molar-refractivity contribution in [3.8, 4) is 0 Å². The smallest absolute Gasteiger partial charge is 0 e. The molecule has 5 heavy (non-hydrogen) atoms. The topological polar surface area (TPSA) is 0 Å². The standard InChI is InChI=1S/5V. The van der Waals surface area contributed by atoms with Crippen LogP contribution in [0.5, 0.6) is 0 Å². The molecule has 0 saturated carbocycles. The molecular weight excluding hydrogens is 255 g/mol. The summed E-state index contributed by atoms with van der Waals surface area (Å²) in [5, 5.41) is 0. The van der Waals surface area contributed by atoms with Crippen molar-refractivity contribution in [1.82, 2.24) is 0 Å². The molecule has 0 N–H and O–H groups in total. The third-order valence-corrected chi connectivity index (χ3v) is 0. The van der Waals surface area contributed by atoms with Crippen LogP contribution in [0.4, 0.5) is 0 Å². The molecule has 0 aliphatic rings. The van der Waals surface area contributed by atoms with Gasteiger partial charge in [-0.15, -0.1) is 0 Å². The van der Waals surface area contributed by atoms with Crippen LogP contribution in [-0.4, -0.2) is 0 Å². The fourth-order valence-corrected chi connectivity index (χ4v) is 0. The first-order chi connectivity index (χ1) is 0. The summed E-state index contributed by atoms with van der Waals surface area (Å²) in [5.41, 5.74) is 0. The molecule has 0 aliphatic carbocycles. The van der Waals surface area contributed by atoms with Crippen molar-refractivity contribution in [2.45, 2.75) is 0 Å². The van der Waals surface area contributed by atoms with E-state index in [1.54, 1.807) is 0 Å². The summed E-state index contributed by atoms with van der Waals surface area (Å²) in [6.07, 6.45) is 0. The van der Waals surface area contributed by atoms with E-state index in [0.717, 1.165) is 0 Å². The van der Waals surface area contributed by atoms with E-state index < -0.39 is 0 Å². The van der Waals surface area contributed by atoms with E-state index >= 15 is 0 Å². The molecule has 5 radical (unpaired) electrons. The molecule has 0 saturated heterocycles. The van der Waals surface area contributed by atoms with Crippen molar-refractivity contribution in [2.24, 2.45) is 0 Å². The molecule has 0 heterocycles. The SMILES string of the molecule is [V].[V].[V].[V].[V]. The van der Waals surface area contributed by atoms with Gasteiger partial charge in [0.05, 0.1) is 0 Å². The van der Waals surface area contributed by atoms with Crippen molar-refractivity contribution in [3.63, 3.8) is 0 Å². The van der Waals surface area contributed by atoms with Crippen LogP contribution in [-0.2, 0) is 92.8 Å². The van der Waals surface area contributed by atoms with E-state index in [9.17, 15) is 0 Å². The molecule has 0 aromatic heterocycles. The minimum atomic E-state index is 0. The van der Waals surface area contributed by atoms with Crippen molar-refractivity contribution >= 4 is 0 Å². The summed E-state index contributed by atoms with van der Waals surface area (Å²) in [5.74, 6) is 0. The van der Waals surface area contributed by atoms with E-state index in [2.05, 4.69) is 0 Å². The third kappa shape index (κ3) is 19.6. The first-order valence-electron chi connectivity index (χ1n) is 0. The third-order valence-electron chi connectivity index (χ3n) is 0. The Kier molecular flexibility index (Phi) is 253. The fourth-order valence-electron chi connectivity index (χ4n) is 0. The van der Waals surface area contributed by atoms with Gasteiger partial charge in [0, 0.05) is 92.8 Å². The fraction of sp³-hybridized carbons (Fsp3) is 0. The Hall–Kier alpha value is 2.92. The number of hydrogen-bond donors (Lipinski definition) is 0. The van der Waals surface area contributed by atoms with Gasteiger partial charge in [-0.1, -0.05) is 0 Å². The Balaban J connectivity index is 0. The first kappa shape index (κ1) is 44.5. The Morgan fingerprint density at radius 3 is 0.200 bits per heavy atom. The van der Waals surface area contributed by atoms with E-state index in [0.29, 0.717) is 0 Å². The van der Waals surface area contributed by atoms with E-state index in [4.69, 9.17) is 0 Å². The van der Waals surface area contributed by atoms with E-state index in [1.165, 1.54) is 0 Å². The molecule has 0 spiro atoms. The van der Waals surface area contributed by atoms with Gasteiger partial charge in [0.2, 0.25) is 0 Å². The van der Waals surface area contributed by atoms with Crippen LogP contribution in [0.2, 0.25) is 0 Å². The predicted octanol–water partition coefficient (Wildman–Crippen LogP) is -0.0125. The molecular formula is V5. The zero-order chi connectivity index (χ0) is 0. The van der Waals surface area contributed by atoms with Crippen LogP contribution in [0.15, 0.2) is 0 Å². The van der Waals surface area contributed by atoms with Crippen molar-refractivity contribution in [2.75, 3.05) is 0 Å². The maximum atomic E-state index is 0. The van der Waals surface area contributed by atoms with Crippen LogP contribution in [0.25, 0.3) is 0 Å². The minimum Gasteiger partial charge on any atom is 0 e. The summed E-state index contributed by atoms with van der Waals surface area (Å²) in [6.45, 7) is 0. The quantitative estimate of drug-likeness (QED) is 0.570. The van der Waals surface area contributed by atoms with Gasteiger partial charge in [0.25, 0.3) is 0 Å².